The second-order valence-corrected chi connectivity index (χ2v) is 8.56. The van der Waals surface area contributed by atoms with Gasteiger partial charge in [0.2, 0.25) is 11.8 Å². The average molecular weight is 388 g/mol. The topological polar surface area (TPSA) is 99.9 Å². The Bertz CT molecular complexity index is 713. The maximum Gasteiger partial charge on any atom is 0.494 e. The minimum Gasteiger partial charge on any atom is -0.399 e. The summed E-state index contributed by atoms with van der Waals surface area (Å²) in [5.74, 6) is -0.954. The summed E-state index contributed by atoms with van der Waals surface area (Å²) in [7, 11) is -0.437. The van der Waals surface area contributed by atoms with Crippen LogP contribution in [0.5, 0.6) is 0 Å². The second kappa shape index (κ2) is 7.85. The molecule has 0 radical (unpaired) electrons. The number of nitrogens with one attached hydrogen (secondary N) is 1. The number of primary amides is 1. The van der Waals surface area contributed by atoms with Crippen LogP contribution in [0.25, 0.3) is 0 Å². The number of amides is 2. The van der Waals surface area contributed by atoms with Crippen LogP contribution >= 0.6 is 0 Å². The number of nitrogens with two attached hydrogens (primary N) is 1. The van der Waals surface area contributed by atoms with Crippen LogP contribution in [0.1, 0.15) is 39.7 Å². The van der Waals surface area contributed by atoms with Gasteiger partial charge in [-0.3, -0.25) is 9.59 Å². The molecule has 2 saturated heterocycles. The van der Waals surface area contributed by atoms with E-state index >= 15 is 0 Å². The lowest BCUT2D eigenvalue weighted by atomic mass is 9.78. The summed E-state index contributed by atoms with van der Waals surface area (Å²) >= 11 is 0. The molecule has 2 amide bonds. The highest BCUT2D eigenvalue weighted by Crippen LogP contribution is 2.36. The van der Waals surface area contributed by atoms with Crippen LogP contribution < -0.4 is 16.5 Å². The Morgan fingerprint density at radius 3 is 2.29 bits per heavy atom. The van der Waals surface area contributed by atoms with Gasteiger partial charge < -0.3 is 25.1 Å². The summed E-state index contributed by atoms with van der Waals surface area (Å²) in [6.07, 6.45) is 0.998. The predicted molar refractivity (Wildman–Crippen MR) is 106 cm³/mol. The first-order valence-electron chi connectivity index (χ1n) is 9.71. The molecule has 7 nitrogen and oxygen atoms in total. The smallest absolute Gasteiger partial charge is 0.399 e. The monoisotopic (exact) mass is 388 g/mol. The van der Waals surface area contributed by atoms with Crippen molar-refractivity contribution in [2.45, 2.75) is 57.8 Å². The largest absolute Gasteiger partial charge is 0.494 e. The van der Waals surface area contributed by atoms with E-state index in [1.807, 2.05) is 52.0 Å². The van der Waals surface area contributed by atoms with E-state index < -0.39 is 30.3 Å². The van der Waals surface area contributed by atoms with Gasteiger partial charge in [0.05, 0.1) is 23.7 Å². The minimum atomic E-state index is -0.754. The van der Waals surface area contributed by atoms with Crippen molar-refractivity contribution in [3.8, 4) is 0 Å². The quantitative estimate of drug-likeness (QED) is 0.693. The molecular weight excluding hydrogens is 359 g/mol. The number of carbonyl (C=O) groups is 2. The summed E-state index contributed by atoms with van der Waals surface area (Å²) in [6.45, 7) is 9.00. The van der Waals surface area contributed by atoms with Gasteiger partial charge in [-0.25, -0.2) is 0 Å². The van der Waals surface area contributed by atoms with Crippen LogP contribution in [0.2, 0.25) is 0 Å². The van der Waals surface area contributed by atoms with E-state index in [9.17, 15) is 9.59 Å². The van der Waals surface area contributed by atoms with Gasteiger partial charge in [-0.15, -0.1) is 0 Å². The zero-order valence-electron chi connectivity index (χ0n) is 17.0. The Hall–Kier alpha value is -1.90. The molecular formula is C20H29BN2O5. The van der Waals surface area contributed by atoms with Gasteiger partial charge in [-0.2, -0.15) is 0 Å². The Balaban J connectivity index is 1.63. The zero-order chi connectivity index (χ0) is 20.5. The lowest BCUT2D eigenvalue weighted by Crippen LogP contribution is -2.48. The summed E-state index contributed by atoms with van der Waals surface area (Å²) < 4.78 is 17.3. The summed E-state index contributed by atoms with van der Waals surface area (Å²) in [5, 5.41) is 2.76. The van der Waals surface area contributed by atoms with Gasteiger partial charge in [0.1, 0.15) is 6.04 Å². The third-order valence-corrected chi connectivity index (χ3v) is 5.91. The molecule has 0 bridgehead atoms. The Morgan fingerprint density at radius 1 is 1.18 bits per heavy atom. The zero-order valence-corrected chi connectivity index (χ0v) is 17.0. The maximum absolute atomic E-state index is 12.3. The van der Waals surface area contributed by atoms with Gasteiger partial charge >= 0.3 is 7.12 Å². The van der Waals surface area contributed by atoms with Crippen LogP contribution in [0.4, 0.5) is 0 Å². The van der Waals surface area contributed by atoms with E-state index in [-0.39, 0.29) is 11.8 Å². The Morgan fingerprint density at radius 2 is 1.79 bits per heavy atom. The maximum atomic E-state index is 12.3. The second-order valence-electron chi connectivity index (χ2n) is 8.56. The molecule has 2 heterocycles. The molecule has 0 unspecified atom stereocenters. The first-order chi connectivity index (χ1) is 13.1. The van der Waals surface area contributed by atoms with Crippen molar-refractivity contribution in [1.82, 2.24) is 5.32 Å². The fourth-order valence-electron chi connectivity index (χ4n) is 3.28. The average Bonchev–Trinajstić information content (AvgIpc) is 3.21. The van der Waals surface area contributed by atoms with Crippen LogP contribution in [-0.2, 0) is 30.1 Å². The van der Waals surface area contributed by atoms with E-state index in [0.717, 1.165) is 11.0 Å². The van der Waals surface area contributed by atoms with Crippen molar-refractivity contribution in [2.24, 2.45) is 11.7 Å². The van der Waals surface area contributed by atoms with E-state index in [1.165, 1.54) is 0 Å². The van der Waals surface area contributed by atoms with Gasteiger partial charge in [0.25, 0.3) is 0 Å². The highest BCUT2D eigenvalue weighted by atomic mass is 16.7. The number of carbonyl (C=O) groups excluding carboxylic acids is 2. The van der Waals surface area contributed by atoms with Crippen molar-refractivity contribution in [3.05, 3.63) is 29.8 Å². The molecule has 1 aromatic carbocycles. The molecule has 2 aliphatic heterocycles. The van der Waals surface area contributed by atoms with E-state index in [4.69, 9.17) is 19.8 Å². The third-order valence-electron chi connectivity index (χ3n) is 5.91. The van der Waals surface area contributed by atoms with Crippen molar-refractivity contribution < 1.29 is 23.6 Å². The van der Waals surface area contributed by atoms with Crippen LogP contribution in [0, 0.1) is 5.92 Å². The molecule has 3 rings (SSSR count). The number of hydrogen-bond donors (Lipinski definition) is 2. The SMILES string of the molecule is CC1(C)OB(c2ccc(C[C@@H](NC(=O)[C@@H]3CCOC3)C(N)=O)cc2)OC1(C)C. The summed E-state index contributed by atoms with van der Waals surface area (Å²) in [6, 6.07) is 6.89. The molecule has 2 fully saturated rings. The third kappa shape index (κ3) is 4.40. The Labute approximate surface area is 166 Å². The van der Waals surface area contributed by atoms with Gasteiger partial charge in [0, 0.05) is 13.0 Å². The Kier molecular flexibility index (Phi) is 5.84. The molecule has 0 saturated carbocycles. The molecule has 8 heteroatoms. The van der Waals surface area contributed by atoms with Crippen LogP contribution in [-0.4, -0.2) is 49.4 Å². The van der Waals surface area contributed by atoms with E-state index in [2.05, 4.69) is 5.32 Å². The lowest BCUT2D eigenvalue weighted by molar-refractivity contribution is -0.129. The summed E-state index contributed by atoms with van der Waals surface area (Å²) in [5.41, 5.74) is 6.50. The van der Waals surface area contributed by atoms with Crippen molar-refractivity contribution in [1.29, 1.82) is 0 Å². The first kappa shape index (κ1) is 20.8. The highest BCUT2D eigenvalue weighted by molar-refractivity contribution is 6.62. The molecule has 0 aromatic heterocycles. The molecule has 2 atom stereocenters. The number of rotatable bonds is 6. The molecule has 1 aromatic rings. The highest BCUT2D eigenvalue weighted by Gasteiger charge is 2.51. The van der Waals surface area contributed by atoms with Gasteiger partial charge in [-0.1, -0.05) is 24.3 Å². The summed E-state index contributed by atoms with van der Waals surface area (Å²) in [4.78, 5) is 24.1. The van der Waals surface area contributed by atoms with Crippen molar-refractivity contribution in [2.75, 3.05) is 13.2 Å². The molecule has 28 heavy (non-hydrogen) atoms. The molecule has 2 aliphatic rings. The van der Waals surface area contributed by atoms with E-state index in [1.54, 1.807) is 0 Å². The van der Waals surface area contributed by atoms with Crippen LogP contribution in [0.3, 0.4) is 0 Å². The lowest BCUT2D eigenvalue weighted by Gasteiger charge is -2.32. The van der Waals surface area contributed by atoms with E-state index in [0.29, 0.717) is 26.1 Å². The number of hydrogen-bond acceptors (Lipinski definition) is 5. The molecule has 152 valence electrons. The van der Waals surface area contributed by atoms with Crippen molar-refractivity contribution >= 4 is 24.4 Å². The predicted octanol–water partition coefficient (Wildman–Crippen LogP) is 0.535. The molecule has 0 aliphatic carbocycles. The van der Waals surface area contributed by atoms with Gasteiger partial charge in [-0.05, 0) is 45.1 Å². The number of ether oxygens (including phenoxy) is 1. The number of benzene rings is 1. The fourth-order valence-corrected chi connectivity index (χ4v) is 3.28. The van der Waals surface area contributed by atoms with Crippen molar-refractivity contribution in [3.63, 3.8) is 0 Å². The molecule has 0 spiro atoms. The first-order valence-corrected chi connectivity index (χ1v) is 9.71. The molecule has 3 N–H and O–H groups in total. The van der Waals surface area contributed by atoms with Gasteiger partial charge in [0.15, 0.2) is 0 Å². The standard InChI is InChI=1S/C20H29BN2O5/c1-19(2)20(3,4)28-21(27-19)15-7-5-13(6-8-15)11-16(17(22)24)23-18(25)14-9-10-26-12-14/h5-8,14,16H,9-12H2,1-4H3,(H2,22,24)(H,23,25)/t14-,16-/m1/s1. The fraction of sp³-hybridized carbons (Fsp3) is 0.600. The van der Waals surface area contributed by atoms with Crippen LogP contribution in [0.15, 0.2) is 24.3 Å². The normalized spacial score (nSPS) is 24.1. The minimum absolute atomic E-state index is 0.185.